The Bertz CT molecular complexity index is 3100. The molecule has 1 heterocycles. The molecule has 0 bridgehead atoms. The quantitative estimate of drug-likeness (QED) is 0.163. The summed E-state index contributed by atoms with van der Waals surface area (Å²) >= 11 is 0. The molecule has 0 saturated carbocycles. The fourth-order valence-corrected chi connectivity index (χ4v) is 9.09. The fraction of sp³-hybridized carbons (Fsp3) is 0.0556. The lowest BCUT2D eigenvalue weighted by Gasteiger charge is -2.29. The highest BCUT2D eigenvalue weighted by molar-refractivity contribution is 6.09. The Hall–Kier alpha value is -7.43. The molecule has 11 rings (SSSR count). The third-order valence-corrected chi connectivity index (χ3v) is 11.8. The van der Waals surface area contributed by atoms with Gasteiger partial charge in [-0.2, -0.15) is 0 Å². The molecule has 0 amide bonds. The number of hydrogen-bond donors (Lipinski definition) is 0. The first kappa shape index (κ1) is 33.9. The van der Waals surface area contributed by atoms with E-state index < -0.39 is 0 Å². The minimum absolute atomic E-state index is 0.215. The first-order valence-electron chi connectivity index (χ1n) is 19.9. The van der Waals surface area contributed by atoms with E-state index in [0.717, 1.165) is 56.2 Å². The van der Waals surface area contributed by atoms with Crippen molar-refractivity contribution in [1.29, 1.82) is 0 Å². The molecule has 0 N–H and O–H groups in total. The van der Waals surface area contributed by atoms with Crippen LogP contribution in [0, 0.1) is 0 Å². The second-order valence-electron chi connectivity index (χ2n) is 15.6. The molecule has 1 aliphatic carbocycles. The van der Waals surface area contributed by atoms with Crippen molar-refractivity contribution in [2.75, 3.05) is 9.80 Å². The molecule has 0 spiro atoms. The maximum Gasteiger partial charge on any atom is 0.227 e. The van der Waals surface area contributed by atoms with Crippen molar-refractivity contribution in [3.63, 3.8) is 0 Å². The van der Waals surface area contributed by atoms with E-state index in [2.05, 4.69) is 194 Å². The summed E-state index contributed by atoms with van der Waals surface area (Å²) in [6, 6.07) is 71.4. The van der Waals surface area contributed by atoms with Gasteiger partial charge in [0.2, 0.25) is 5.89 Å². The number of para-hydroxylation sites is 3. The predicted molar refractivity (Wildman–Crippen MR) is 241 cm³/mol. The molecule has 1 aliphatic rings. The lowest BCUT2D eigenvalue weighted by Crippen LogP contribution is -2.15. The Balaban J connectivity index is 1.04. The molecule has 0 atom stereocenters. The number of anilines is 6. The molecule has 58 heavy (non-hydrogen) atoms. The van der Waals surface area contributed by atoms with E-state index in [-0.39, 0.29) is 5.41 Å². The second-order valence-corrected chi connectivity index (χ2v) is 15.6. The van der Waals surface area contributed by atoms with E-state index in [9.17, 15) is 0 Å². The molecule has 0 saturated heterocycles. The van der Waals surface area contributed by atoms with Gasteiger partial charge in [-0.1, -0.05) is 111 Å². The Labute approximate surface area is 337 Å². The van der Waals surface area contributed by atoms with Gasteiger partial charge in [0.15, 0.2) is 5.58 Å². The summed E-state index contributed by atoms with van der Waals surface area (Å²) in [5, 5.41) is 4.73. The third kappa shape index (κ3) is 5.48. The molecular formula is C54H39N3O. The van der Waals surface area contributed by atoms with Crippen LogP contribution in [0.2, 0.25) is 0 Å². The van der Waals surface area contributed by atoms with Crippen LogP contribution in [-0.4, -0.2) is 4.98 Å². The van der Waals surface area contributed by atoms with Crippen molar-refractivity contribution in [1.82, 2.24) is 4.98 Å². The lowest BCUT2D eigenvalue weighted by molar-refractivity contribution is 0.623. The average molecular weight is 746 g/mol. The summed E-state index contributed by atoms with van der Waals surface area (Å²) in [5.41, 5.74) is 14.3. The summed E-state index contributed by atoms with van der Waals surface area (Å²) in [4.78, 5) is 9.55. The van der Waals surface area contributed by atoms with E-state index in [1.165, 1.54) is 38.4 Å². The Kier molecular flexibility index (Phi) is 7.80. The van der Waals surface area contributed by atoms with Crippen molar-refractivity contribution >= 4 is 66.8 Å². The number of benzene rings is 9. The van der Waals surface area contributed by atoms with Crippen LogP contribution >= 0.6 is 0 Å². The van der Waals surface area contributed by atoms with Crippen LogP contribution < -0.4 is 9.80 Å². The van der Waals surface area contributed by atoms with Gasteiger partial charge in [0.1, 0.15) is 5.52 Å². The topological polar surface area (TPSA) is 32.5 Å². The zero-order chi connectivity index (χ0) is 38.8. The van der Waals surface area contributed by atoms with E-state index in [1.807, 2.05) is 30.3 Å². The van der Waals surface area contributed by atoms with Crippen molar-refractivity contribution < 1.29 is 4.42 Å². The van der Waals surface area contributed by atoms with Gasteiger partial charge in [-0.15, -0.1) is 0 Å². The second kappa shape index (κ2) is 13.4. The number of rotatable bonds is 7. The molecule has 4 nitrogen and oxygen atoms in total. The maximum absolute atomic E-state index is 6.49. The predicted octanol–water partition coefficient (Wildman–Crippen LogP) is 15.0. The highest BCUT2D eigenvalue weighted by Crippen LogP contribution is 2.53. The first-order chi connectivity index (χ1) is 28.5. The molecule has 0 aliphatic heterocycles. The molecule has 0 radical (unpaired) electrons. The normalized spacial score (nSPS) is 12.8. The van der Waals surface area contributed by atoms with Crippen molar-refractivity contribution in [3.8, 4) is 22.6 Å². The highest BCUT2D eigenvalue weighted by atomic mass is 16.3. The number of fused-ring (bicyclic) bond motifs is 8. The minimum atomic E-state index is -0.215. The molecule has 10 aromatic rings. The zero-order valence-corrected chi connectivity index (χ0v) is 32.3. The van der Waals surface area contributed by atoms with Crippen molar-refractivity contribution in [2.24, 2.45) is 0 Å². The number of hydrogen-bond acceptors (Lipinski definition) is 4. The van der Waals surface area contributed by atoms with E-state index in [1.54, 1.807) is 0 Å². The third-order valence-electron chi connectivity index (χ3n) is 11.8. The van der Waals surface area contributed by atoms with Crippen molar-refractivity contribution in [2.45, 2.75) is 19.3 Å². The molecule has 9 aromatic carbocycles. The summed E-state index contributed by atoms with van der Waals surface area (Å²) in [7, 11) is 0. The molecular weight excluding hydrogens is 707 g/mol. The van der Waals surface area contributed by atoms with Crippen LogP contribution in [0.5, 0.6) is 0 Å². The lowest BCUT2D eigenvalue weighted by atomic mass is 9.80. The van der Waals surface area contributed by atoms with E-state index in [4.69, 9.17) is 9.40 Å². The van der Waals surface area contributed by atoms with Crippen LogP contribution in [-0.2, 0) is 5.41 Å². The Morgan fingerprint density at radius 3 is 1.62 bits per heavy atom. The summed E-state index contributed by atoms with van der Waals surface area (Å²) in [6.45, 7) is 4.71. The fourth-order valence-electron chi connectivity index (χ4n) is 9.09. The van der Waals surface area contributed by atoms with Gasteiger partial charge in [0, 0.05) is 50.5 Å². The number of aromatic nitrogens is 1. The number of nitrogens with zero attached hydrogens (tertiary/aromatic N) is 3. The van der Waals surface area contributed by atoms with Crippen LogP contribution in [0.4, 0.5) is 34.1 Å². The molecule has 276 valence electrons. The highest BCUT2D eigenvalue weighted by Gasteiger charge is 2.37. The molecule has 4 heteroatoms. The van der Waals surface area contributed by atoms with Gasteiger partial charge in [0.25, 0.3) is 0 Å². The van der Waals surface area contributed by atoms with Crippen molar-refractivity contribution in [3.05, 3.63) is 211 Å². The minimum Gasteiger partial charge on any atom is -0.435 e. The van der Waals surface area contributed by atoms with Crippen LogP contribution in [0.25, 0.3) is 55.2 Å². The zero-order valence-electron chi connectivity index (χ0n) is 32.3. The van der Waals surface area contributed by atoms with Gasteiger partial charge in [-0.05, 0) is 142 Å². The van der Waals surface area contributed by atoms with Gasteiger partial charge in [-0.3, -0.25) is 0 Å². The first-order valence-corrected chi connectivity index (χ1v) is 19.9. The van der Waals surface area contributed by atoms with E-state index >= 15 is 0 Å². The smallest absolute Gasteiger partial charge is 0.227 e. The summed E-state index contributed by atoms with van der Waals surface area (Å²) in [6.07, 6.45) is 0. The van der Waals surface area contributed by atoms with Gasteiger partial charge >= 0.3 is 0 Å². The molecule has 0 fully saturated rings. The Morgan fingerprint density at radius 1 is 0.431 bits per heavy atom. The van der Waals surface area contributed by atoms with Gasteiger partial charge in [0.05, 0.1) is 0 Å². The maximum atomic E-state index is 6.49. The van der Waals surface area contributed by atoms with Crippen LogP contribution in [0.3, 0.4) is 0 Å². The van der Waals surface area contributed by atoms with Gasteiger partial charge < -0.3 is 14.2 Å². The standard InChI is InChI=1S/C54H39N3O/c1-54(2)49-34-37-26-27-44(32-38(37)33-48(49)46-28-29-47-45(51(46)54)30-31-50-52(47)58-53(55-50)36-16-7-3-8-17-36)57(41-22-13-6-14-23-41)43-25-15-24-42(35-43)56(39-18-9-4-10-19-39)40-20-11-5-12-21-40/h3-35H,1-2H3. The monoisotopic (exact) mass is 745 g/mol. The number of oxazole rings is 1. The molecule has 1 aromatic heterocycles. The summed E-state index contributed by atoms with van der Waals surface area (Å²) in [5.74, 6) is 0.647. The van der Waals surface area contributed by atoms with Gasteiger partial charge in [-0.25, -0.2) is 4.98 Å². The average Bonchev–Trinajstić information content (AvgIpc) is 3.81. The SMILES string of the molecule is CC1(C)c2cc3ccc(N(c4ccccc4)c4cccc(N(c5ccccc5)c5ccccc5)c4)cc3cc2-c2ccc3c(ccc4nc(-c5ccccc5)oc43)c21. The largest absolute Gasteiger partial charge is 0.435 e. The molecule has 0 unspecified atom stereocenters. The van der Waals surface area contributed by atoms with Crippen LogP contribution in [0.15, 0.2) is 205 Å². The van der Waals surface area contributed by atoms with Crippen LogP contribution in [0.1, 0.15) is 25.0 Å². The summed E-state index contributed by atoms with van der Waals surface area (Å²) < 4.78 is 6.49. The Morgan fingerprint density at radius 2 is 0.983 bits per heavy atom. The van der Waals surface area contributed by atoms with E-state index in [0.29, 0.717) is 5.89 Å².